The maximum atomic E-state index is 11.1. The van der Waals surface area contributed by atoms with Crippen LogP contribution in [-0.2, 0) is 4.79 Å². The van der Waals surface area contributed by atoms with E-state index in [1.54, 1.807) is 0 Å². The number of allylic oxidation sites excluding steroid dienone is 1. The van der Waals surface area contributed by atoms with Crippen LogP contribution in [0.2, 0.25) is 0 Å². The summed E-state index contributed by atoms with van der Waals surface area (Å²) < 4.78 is 0. The van der Waals surface area contributed by atoms with E-state index in [-0.39, 0.29) is 0 Å². The molecule has 0 aromatic heterocycles. The van der Waals surface area contributed by atoms with Crippen molar-refractivity contribution in [1.82, 2.24) is 0 Å². The van der Waals surface area contributed by atoms with Crippen LogP contribution in [0.25, 0.3) is 0 Å². The predicted molar refractivity (Wildman–Crippen MR) is 46.5 cm³/mol. The molecule has 0 atom stereocenters. The Balaban J connectivity index is 2.39. The quantitative estimate of drug-likeness (QED) is 0.488. The first-order valence-corrected chi connectivity index (χ1v) is 4.47. The molecule has 0 saturated heterocycles. The van der Waals surface area contributed by atoms with Crippen molar-refractivity contribution in [1.29, 1.82) is 0 Å². The number of rotatable bonds is 0. The molecule has 11 heavy (non-hydrogen) atoms. The maximum absolute atomic E-state index is 11.1. The summed E-state index contributed by atoms with van der Waals surface area (Å²) in [6.07, 6.45) is 7.29. The number of carbonyl (C=O) groups is 1. The van der Waals surface area contributed by atoms with Crippen LogP contribution in [0.1, 0.15) is 44.9 Å². The average Bonchev–Trinajstić information content (AvgIpc) is 2.02. The van der Waals surface area contributed by atoms with Crippen LogP contribution in [0, 0.1) is 0 Å². The summed E-state index contributed by atoms with van der Waals surface area (Å²) in [6.45, 7) is 3.89. The SMILES string of the molecule is C=C1CCCCCCC(=O)C1. The molecule has 0 unspecified atom stereocenters. The molecule has 0 radical (unpaired) electrons. The lowest BCUT2D eigenvalue weighted by Crippen LogP contribution is -1.97. The molecule has 0 aliphatic heterocycles. The summed E-state index contributed by atoms with van der Waals surface area (Å²) >= 11 is 0. The minimum absolute atomic E-state index is 0.386. The molecule has 1 aliphatic rings. The molecule has 1 heteroatoms. The highest BCUT2D eigenvalue weighted by Gasteiger charge is 2.06. The number of hydrogen-bond acceptors (Lipinski definition) is 1. The van der Waals surface area contributed by atoms with E-state index in [0.717, 1.165) is 24.8 Å². The Morgan fingerprint density at radius 3 is 2.36 bits per heavy atom. The van der Waals surface area contributed by atoms with Crippen molar-refractivity contribution >= 4 is 5.78 Å². The molecule has 1 nitrogen and oxygen atoms in total. The molecule has 0 aromatic rings. The van der Waals surface area contributed by atoms with Crippen LogP contribution in [0.15, 0.2) is 12.2 Å². The second-order valence-corrected chi connectivity index (χ2v) is 3.38. The largest absolute Gasteiger partial charge is 0.299 e. The summed E-state index contributed by atoms with van der Waals surface area (Å²) in [5, 5.41) is 0. The fourth-order valence-electron chi connectivity index (χ4n) is 1.51. The zero-order valence-corrected chi connectivity index (χ0v) is 7.07. The highest BCUT2D eigenvalue weighted by atomic mass is 16.1. The lowest BCUT2D eigenvalue weighted by Gasteiger charge is -1.99. The van der Waals surface area contributed by atoms with Crippen LogP contribution in [0.5, 0.6) is 0 Å². The molecular formula is C10H16O. The average molecular weight is 152 g/mol. The fourth-order valence-corrected chi connectivity index (χ4v) is 1.51. The second kappa shape index (κ2) is 4.32. The van der Waals surface area contributed by atoms with Crippen LogP contribution in [0.4, 0.5) is 0 Å². The molecule has 0 bridgehead atoms. The van der Waals surface area contributed by atoms with Gasteiger partial charge in [0.1, 0.15) is 5.78 Å². The van der Waals surface area contributed by atoms with Crippen molar-refractivity contribution < 1.29 is 4.79 Å². The van der Waals surface area contributed by atoms with Gasteiger partial charge in [-0.1, -0.05) is 25.0 Å². The predicted octanol–water partition coefficient (Wildman–Crippen LogP) is 2.86. The molecule has 1 rings (SSSR count). The van der Waals surface area contributed by atoms with Gasteiger partial charge in [0.05, 0.1) is 0 Å². The van der Waals surface area contributed by atoms with E-state index in [2.05, 4.69) is 6.58 Å². The summed E-state index contributed by atoms with van der Waals surface area (Å²) in [4.78, 5) is 11.1. The molecule has 0 heterocycles. The van der Waals surface area contributed by atoms with Gasteiger partial charge in [0, 0.05) is 12.8 Å². The van der Waals surface area contributed by atoms with Crippen LogP contribution < -0.4 is 0 Å². The highest BCUT2D eigenvalue weighted by molar-refractivity contribution is 5.80. The Bertz CT molecular complexity index is 140. The molecule has 1 fully saturated rings. The van der Waals surface area contributed by atoms with E-state index >= 15 is 0 Å². The number of Topliss-reactive ketones (excluding diaryl/α,β-unsaturated/α-hetero) is 1. The maximum Gasteiger partial charge on any atom is 0.136 e. The van der Waals surface area contributed by atoms with Crippen LogP contribution >= 0.6 is 0 Å². The van der Waals surface area contributed by atoms with Gasteiger partial charge in [0.25, 0.3) is 0 Å². The van der Waals surface area contributed by atoms with Gasteiger partial charge in [-0.05, 0) is 19.3 Å². The Morgan fingerprint density at radius 2 is 1.64 bits per heavy atom. The van der Waals surface area contributed by atoms with E-state index in [1.165, 1.54) is 19.3 Å². The van der Waals surface area contributed by atoms with Gasteiger partial charge >= 0.3 is 0 Å². The van der Waals surface area contributed by atoms with Crippen LogP contribution in [0.3, 0.4) is 0 Å². The van der Waals surface area contributed by atoms with Crippen LogP contribution in [-0.4, -0.2) is 5.78 Å². The minimum atomic E-state index is 0.386. The number of hydrogen-bond donors (Lipinski definition) is 0. The first-order chi connectivity index (χ1) is 5.29. The molecule has 0 N–H and O–H groups in total. The van der Waals surface area contributed by atoms with Crippen molar-refractivity contribution in [2.45, 2.75) is 44.9 Å². The van der Waals surface area contributed by atoms with Gasteiger partial charge in [-0.2, -0.15) is 0 Å². The monoisotopic (exact) mass is 152 g/mol. The van der Waals surface area contributed by atoms with Crippen molar-refractivity contribution in [3.8, 4) is 0 Å². The molecule has 62 valence electrons. The second-order valence-electron chi connectivity index (χ2n) is 3.38. The zero-order valence-electron chi connectivity index (χ0n) is 7.07. The zero-order chi connectivity index (χ0) is 8.10. The third kappa shape index (κ3) is 3.35. The number of carbonyl (C=O) groups excluding carboxylic acids is 1. The van der Waals surface area contributed by atoms with E-state index in [1.807, 2.05) is 0 Å². The summed E-state index contributed by atoms with van der Waals surface area (Å²) in [5.41, 5.74) is 1.14. The molecule has 0 aromatic carbocycles. The lowest BCUT2D eigenvalue weighted by molar-refractivity contribution is -0.118. The van der Waals surface area contributed by atoms with Gasteiger partial charge in [0.15, 0.2) is 0 Å². The molecule has 0 spiro atoms. The summed E-state index contributed by atoms with van der Waals surface area (Å²) in [6, 6.07) is 0. The van der Waals surface area contributed by atoms with Crippen molar-refractivity contribution in [3.63, 3.8) is 0 Å². The molecule has 0 amide bonds. The van der Waals surface area contributed by atoms with Gasteiger partial charge in [-0.15, -0.1) is 0 Å². The number of ketones is 1. The minimum Gasteiger partial charge on any atom is -0.299 e. The third-order valence-corrected chi connectivity index (χ3v) is 2.18. The van der Waals surface area contributed by atoms with Gasteiger partial charge < -0.3 is 0 Å². The molecular weight excluding hydrogens is 136 g/mol. The van der Waals surface area contributed by atoms with Gasteiger partial charge in [0.2, 0.25) is 0 Å². The Morgan fingerprint density at radius 1 is 1.00 bits per heavy atom. The Kier molecular flexibility index (Phi) is 3.34. The van der Waals surface area contributed by atoms with E-state index in [4.69, 9.17) is 0 Å². The van der Waals surface area contributed by atoms with Gasteiger partial charge in [-0.3, -0.25) is 4.79 Å². The third-order valence-electron chi connectivity index (χ3n) is 2.18. The Labute approximate surface area is 68.5 Å². The summed E-state index contributed by atoms with van der Waals surface area (Å²) in [5.74, 6) is 0.386. The smallest absolute Gasteiger partial charge is 0.136 e. The molecule has 1 saturated carbocycles. The van der Waals surface area contributed by atoms with E-state index < -0.39 is 0 Å². The fraction of sp³-hybridized carbons (Fsp3) is 0.700. The topological polar surface area (TPSA) is 17.1 Å². The molecule has 1 aliphatic carbocycles. The standard InChI is InChI=1S/C10H16O/c1-9-6-4-2-3-5-7-10(11)8-9/h1-8H2. The van der Waals surface area contributed by atoms with Crippen molar-refractivity contribution in [3.05, 3.63) is 12.2 Å². The van der Waals surface area contributed by atoms with Gasteiger partial charge in [-0.25, -0.2) is 0 Å². The Hall–Kier alpha value is -0.590. The van der Waals surface area contributed by atoms with Crippen molar-refractivity contribution in [2.24, 2.45) is 0 Å². The lowest BCUT2D eigenvalue weighted by atomic mass is 10.1. The van der Waals surface area contributed by atoms with E-state index in [0.29, 0.717) is 12.2 Å². The van der Waals surface area contributed by atoms with E-state index in [9.17, 15) is 4.79 Å². The summed E-state index contributed by atoms with van der Waals surface area (Å²) in [7, 11) is 0. The highest BCUT2D eigenvalue weighted by Crippen LogP contribution is 2.17. The normalized spacial score (nSPS) is 22.2. The van der Waals surface area contributed by atoms with Crippen molar-refractivity contribution in [2.75, 3.05) is 0 Å². The first-order valence-electron chi connectivity index (χ1n) is 4.47. The first kappa shape index (κ1) is 8.51.